The van der Waals surface area contributed by atoms with Gasteiger partial charge in [-0.2, -0.15) is 0 Å². The SMILES string of the molecule is C=C/C=C(/I)CC1CC(/C=C\C(C)I)=C(C)C1(C)C. The van der Waals surface area contributed by atoms with Crippen molar-refractivity contribution in [2.24, 2.45) is 11.3 Å². The maximum atomic E-state index is 3.79. The van der Waals surface area contributed by atoms with Gasteiger partial charge in [0.25, 0.3) is 0 Å². The van der Waals surface area contributed by atoms with Gasteiger partial charge in [0, 0.05) is 3.92 Å². The van der Waals surface area contributed by atoms with E-state index in [2.05, 4.69) is 97.7 Å². The zero-order valence-electron chi connectivity index (χ0n) is 12.3. The fraction of sp³-hybridized carbons (Fsp3) is 0.529. The van der Waals surface area contributed by atoms with Crippen LogP contribution in [0.4, 0.5) is 0 Å². The molecule has 2 atom stereocenters. The molecular formula is C17H24I2. The van der Waals surface area contributed by atoms with E-state index in [0.29, 0.717) is 15.3 Å². The molecule has 0 saturated carbocycles. The van der Waals surface area contributed by atoms with Crippen molar-refractivity contribution in [3.8, 4) is 0 Å². The summed E-state index contributed by atoms with van der Waals surface area (Å²) in [5, 5.41) is 0. The summed E-state index contributed by atoms with van der Waals surface area (Å²) in [6.45, 7) is 13.1. The number of hydrogen-bond donors (Lipinski definition) is 0. The standard InChI is InChI=1S/C17H24I2/c1-6-7-16(19)11-15-10-14(9-8-12(2)18)13(3)17(15,4)5/h6-9,12,15H,1,10-11H2,2-5H3/b9-8-,16-7+. The summed E-state index contributed by atoms with van der Waals surface area (Å²) in [5.41, 5.74) is 3.41. The third kappa shape index (κ3) is 4.73. The third-order valence-electron chi connectivity index (χ3n) is 4.24. The Hall–Kier alpha value is 0.420. The number of rotatable bonds is 5. The summed E-state index contributed by atoms with van der Waals surface area (Å²) in [7, 11) is 0. The highest BCUT2D eigenvalue weighted by molar-refractivity contribution is 14.1. The fourth-order valence-electron chi connectivity index (χ4n) is 2.59. The molecule has 19 heavy (non-hydrogen) atoms. The quantitative estimate of drug-likeness (QED) is 0.235. The average molecular weight is 482 g/mol. The molecule has 0 spiro atoms. The Labute approximate surface area is 145 Å². The van der Waals surface area contributed by atoms with Gasteiger partial charge in [-0.1, -0.05) is 72.9 Å². The van der Waals surface area contributed by atoms with Crippen molar-refractivity contribution in [3.05, 3.63) is 45.6 Å². The molecule has 0 bridgehead atoms. The lowest BCUT2D eigenvalue weighted by molar-refractivity contribution is 0.294. The normalized spacial score (nSPS) is 25.2. The Kier molecular flexibility index (Phi) is 6.84. The maximum absolute atomic E-state index is 3.79. The summed E-state index contributed by atoms with van der Waals surface area (Å²) in [6, 6.07) is 0. The van der Waals surface area contributed by atoms with E-state index in [9.17, 15) is 0 Å². The van der Waals surface area contributed by atoms with Crippen LogP contribution in [0.1, 0.15) is 40.5 Å². The Morgan fingerprint density at radius 2 is 2.16 bits per heavy atom. The van der Waals surface area contributed by atoms with Gasteiger partial charge in [0.2, 0.25) is 0 Å². The minimum absolute atomic E-state index is 0.305. The largest absolute Gasteiger partial charge is 0.0990 e. The van der Waals surface area contributed by atoms with E-state index in [1.807, 2.05) is 6.08 Å². The highest BCUT2D eigenvalue weighted by Crippen LogP contribution is 2.50. The second kappa shape index (κ2) is 7.43. The first-order valence-corrected chi connectivity index (χ1v) is 9.11. The van der Waals surface area contributed by atoms with Crippen LogP contribution in [-0.2, 0) is 0 Å². The van der Waals surface area contributed by atoms with Crippen LogP contribution in [0.5, 0.6) is 0 Å². The van der Waals surface area contributed by atoms with E-state index in [0.717, 1.165) is 6.42 Å². The molecule has 1 rings (SSSR count). The van der Waals surface area contributed by atoms with Crippen LogP contribution in [0.3, 0.4) is 0 Å². The first-order chi connectivity index (χ1) is 8.78. The monoisotopic (exact) mass is 482 g/mol. The van der Waals surface area contributed by atoms with Gasteiger partial charge in [0.1, 0.15) is 0 Å². The molecule has 0 fully saturated rings. The first-order valence-electron chi connectivity index (χ1n) is 6.78. The molecule has 0 aliphatic heterocycles. The molecule has 0 saturated heterocycles. The lowest BCUT2D eigenvalue weighted by Gasteiger charge is -2.29. The van der Waals surface area contributed by atoms with Gasteiger partial charge >= 0.3 is 0 Å². The van der Waals surface area contributed by atoms with Crippen LogP contribution >= 0.6 is 45.2 Å². The van der Waals surface area contributed by atoms with Crippen molar-refractivity contribution >= 4 is 45.2 Å². The molecule has 0 aromatic heterocycles. The van der Waals surface area contributed by atoms with Crippen LogP contribution in [0.15, 0.2) is 45.6 Å². The highest BCUT2D eigenvalue weighted by Gasteiger charge is 2.38. The zero-order valence-corrected chi connectivity index (χ0v) is 16.7. The molecule has 106 valence electrons. The van der Waals surface area contributed by atoms with E-state index in [-0.39, 0.29) is 0 Å². The van der Waals surface area contributed by atoms with Crippen molar-refractivity contribution in [2.45, 2.75) is 44.5 Å². The number of hydrogen-bond acceptors (Lipinski definition) is 0. The zero-order chi connectivity index (χ0) is 14.6. The van der Waals surface area contributed by atoms with Gasteiger partial charge in [-0.05, 0) is 69.8 Å². The van der Waals surface area contributed by atoms with Gasteiger partial charge in [-0.25, -0.2) is 0 Å². The van der Waals surface area contributed by atoms with Crippen LogP contribution in [0.2, 0.25) is 0 Å². The number of alkyl halides is 1. The van der Waals surface area contributed by atoms with Gasteiger partial charge in [0.05, 0.1) is 0 Å². The first kappa shape index (κ1) is 17.5. The molecule has 2 heteroatoms. The van der Waals surface area contributed by atoms with E-state index in [1.54, 1.807) is 11.1 Å². The lowest BCUT2D eigenvalue weighted by atomic mass is 9.76. The van der Waals surface area contributed by atoms with E-state index in [1.165, 1.54) is 10.0 Å². The van der Waals surface area contributed by atoms with Gasteiger partial charge in [-0.3, -0.25) is 0 Å². The molecule has 0 radical (unpaired) electrons. The van der Waals surface area contributed by atoms with Gasteiger partial charge < -0.3 is 0 Å². The lowest BCUT2D eigenvalue weighted by Crippen LogP contribution is -2.20. The van der Waals surface area contributed by atoms with Crippen LogP contribution in [0.25, 0.3) is 0 Å². The number of allylic oxidation sites excluding steroid dienone is 7. The van der Waals surface area contributed by atoms with Crippen molar-refractivity contribution in [2.75, 3.05) is 0 Å². The molecule has 1 aliphatic rings. The minimum atomic E-state index is 0.305. The summed E-state index contributed by atoms with van der Waals surface area (Å²) in [6.07, 6.45) is 11.0. The van der Waals surface area contributed by atoms with E-state index < -0.39 is 0 Å². The third-order valence-corrected chi connectivity index (χ3v) is 5.45. The van der Waals surface area contributed by atoms with Crippen molar-refractivity contribution in [1.29, 1.82) is 0 Å². The maximum Gasteiger partial charge on any atom is 0.0264 e. The second-order valence-electron chi connectivity index (χ2n) is 5.86. The molecule has 0 aromatic carbocycles. The molecule has 0 N–H and O–H groups in total. The Balaban J connectivity index is 2.88. The van der Waals surface area contributed by atoms with Crippen LogP contribution in [-0.4, -0.2) is 3.92 Å². The minimum Gasteiger partial charge on any atom is -0.0990 e. The summed E-state index contributed by atoms with van der Waals surface area (Å²) < 4.78 is 2.01. The topological polar surface area (TPSA) is 0 Å². The second-order valence-corrected chi connectivity index (χ2v) is 9.21. The van der Waals surface area contributed by atoms with Crippen molar-refractivity contribution in [3.63, 3.8) is 0 Å². The molecule has 1 aliphatic carbocycles. The fourth-order valence-corrected chi connectivity index (χ4v) is 3.59. The highest BCUT2D eigenvalue weighted by atomic mass is 127. The summed E-state index contributed by atoms with van der Waals surface area (Å²) in [4.78, 5) is 0. The Morgan fingerprint density at radius 1 is 1.53 bits per heavy atom. The predicted molar refractivity (Wildman–Crippen MR) is 104 cm³/mol. The summed E-state index contributed by atoms with van der Waals surface area (Å²) >= 11 is 4.90. The Bertz CT molecular complexity index is 423. The number of halogens is 2. The van der Waals surface area contributed by atoms with Crippen LogP contribution < -0.4 is 0 Å². The van der Waals surface area contributed by atoms with E-state index in [4.69, 9.17) is 0 Å². The molecule has 0 aromatic rings. The van der Waals surface area contributed by atoms with Crippen molar-refractivity contribution < 1.29 is 0 Å². The molecule has 0 amide bonds. The predicted octanol–water partition coefficient (Wildman–Crippen LogP) is 6.62. The van der Waals surface area contributed by atoms with Crippen LogP contribution in [0, 0.1) is 11.3 Å². The summed E-state index contributed by atoms with van der Waals surface area (Å²) in [5.74, 6) is 0.708. The van der Waals surface area contributed by atoms with Gasteiger partial charge in [0.15, 0.2) is 0 Å². The van der Waals surface area contributed by atoms with Crippen molar-refractivity contribution in [1.82, 2.24) is 0 Å². The molecule has 0 heterocycles. The molecule has 2 unspecified atom stereocenters. The average Bonchev–Trinajstić information content (AvgIpc) is 2.51. The van der Waals surface area contributed by atoms with Gasteiger partial charge in [-0.15, -0.1) is 0 Å². The Morgan fingerprint density at radius 3 is 2.68 bits per heavy atom. The molecule has 0 nitrogen and oxygen atoms in total. The molecular weight excluding hydrogens is 458 g/mol. The van der Waals surface area contributed by atoms with E-state index >= 15 is 0 Å². The smallest absolute Gasteiger partial charge is 0.0264 e.